The van der Waals surface area contributed by atoms with Crippen molar-refractivity contribution >= 4 is 28.6 Å². The largest absolute Gasteiger partial charge is 0.379 e. The highest BCUT2D eigenvalue weighted by molar-refractivity contribution is 7.14. The van der Waals surface area contributed by atoms with Gasteiger partial charge in [-0.3, -0.25) is 4.79 Å². The van der Waals surface area contributed by atoms with Gasteiger partial charge >= 0.3 is 0 Å². The topological polar surface area (TPSA) is 60.5 Å². The van der Waals surface area contributed by atoms with E-state index in [4.69, 9.17) is 9.47 Å². The fraction of sp³-hybridized carbons (Fsp3) is 0.529. The first-order valence-electron chi connectivity index (χ1n) is 8.24. The van der Waals surface area contributed by atoms with Crippen LogP contribution in [0.15, 0.2) is 22.2 Å². The lowest BCUT2D eigenvalue weighted by Gasteiger charge is -2.10. The average molecular weight is 367 g/mol. The first-order valence-corrected chi connectivity index (χ1v) is 10.1. The molecule has 0 aromatic carbocycles. The van der Waals surface area contributed by atoms with Crippen molar-refractivity contribution in [3.8, 4) is 10.6 Å². The van der Waals surface area contributed by atoms with E-state index in [-0.39, 0.29) is 12.0 Å². The number of amides is 1. The lowest BCUT2D eigenvalue weighted by molar-refractivity contribution is -0.120. The second-order valence-electron chi connectivity index (χ2n) is 5.75. The van der Waals surface area contributed by atoms with E-state index in [1.54, 1.807) is 22.7 Å². The zero-order valence-corrected chi connectivity index (χ0v) is 15.2. The van der Waals surface area contributed by atoms with Crippen LogP contribution in [0, 0.1) is 0 Å². The minimum Gasteiger partial charge on any atom is -0.379 e. The standard InChI is InChI=1S/C17H22N2O3S2/c20-16(18-5-2-6-21-10-15-3-1-7-22-15)9-14-12-24-17(19-14)13-4-8-23-11-13/h4,8,11-12,15H,1-3,5-7,9-10H2,(H,18,20). The molecular weight excluding hydrogens is 344 g/mol. The molecule has 2 aromatic rings. The lowest BCUT2D eigenvalue weighted by Crippen LogP contribution is -2.27. The number of hydrogen-bond acceptors (Lipinski definition) is 6. The third-order valence-electron chi connectivity index (χ3n) is 3.78. The molecule has 1 unspecified atom stereocenters. The molecule has 1 saturated heterocycles. The maximum absolute atomic E-state index is 11.9. The summed E-state index contributed by atoms with van der Waals surface area (Å²) in [6.45, 7) is 2.80. The molecule has 2 aromatic heterocycles. The van der Waals surface area contributed by atoms with Gasteiger partial charge in [0.2, 0.25) is 5.91 Å². The normalized spacial score (nSPS) is 17.2. The number of carbonyl (C=O) groups excluding carboxylic acids is 1. The Morgan fingerprint density at radius 1 is 1.46 bits per heavy atom. The molecule has 24 heavy (non-hydrogen) atoms. The van der Waals surface area contributed by atoms with Gasteiger partial charge in [-0.25, -0.2) is 4.98 Å². The molecule has 0 radical (unpaired) electrons. The van der Waals surface area contributed by atoms with E-state index >= 15 is 0 Å². The number of nitrogens with one attached hydrogen (secondary N) is 1. The third-order valence-corrected chi connectivity index (χ3v) is 5.40. The molecule has 1 atom stereocenters. The van der Waals surface area contributed by atoms with Gasteiger partial charge in [-0.05, 0) is 30.7 Å². The molecule has 1 N–H and O–H groups in total. The highest BCUT2D eigenvalue weighted by atomic mass is 32.1. The van der Waals surface area contributed by atoms with Gasteiger partial charge in [-0.15, -0.1) is 11.3 Å². The van der Waals surface area contributed by atoms with Crippen LogP contribution in [0.25, 0.3) is 10.6 Å². The average Bonchev–Trinajstić information content (AvgIpc) is 3.31. The van der Waals surface area contributed by atoms with Crippen molar-refractivity contribution in [1.29, 1.82) is 0 Å². The number of nitrogens with zero attached hydrogens (tertiary/aromatic N) is 1. The highest BCUT2D eigenvalue weighted by Gasteiger charge is 2.15. The zero-order valence-electron chi connectivity index (χ0n) is 13.5. The fourth-order valence-electron chi connectivity index (χ4n) is 2.53. The van der Waals surface area contributed by atoms with Crippen molar-refractivity contribution in [2.45, 2.75) is 31.8 Å². The predicted molar refractivity (Wildman–Crippen MR) is 96.6 cm³/mol. The number of thiophene rings is 1. The Labute approximate surface area is 150 Å². The fourth-order valence-corrected chi connectivity index (χ4v) is 4.06. The molecule has 3 heterocycles. The van der Waals surface area contributed by atoms with Crippen LogP contribution >= 0.6 is 22.7 Å². The molecule has 1 aliphatic rings. The molecule has 3 rings (SSSR count). The van der Waals surface area contributed by atoms with Gasteiger partial charge in [-0.2, -0.15) is 11.3 Å². The molecule has 0 spiro atoms. The van der Waals surface area contributed by atoms with E-state index < -0.39 is 0 Å². The number of thiazole rings is 1. The van der Waals surface area contributed by atoms with Gasteiger partial charge in [0.15, 0.2) is 0 Å². The predicted octanol–water partition coefficient (Wildman–Crippen LogP) is 3.12. The Morgan fingerprint density at radius 3 is 3.21 bits per heavy atom. The Kier molecular flexibility index (Phi) is 6.77. The van der Waals surface area contributed by atoms with E-state index in [0.717, 1.165) is 42.1 Å². The van der Waals surface area contributed by atoms with Gasteiger partial charge in [0.1, 0.15) is 5.01 Å². The van der Waals surface area contributed by atoms with Crippen molar-refractivity contribution < 1.29 is 14.3 Å². The smallest absolute Gasteiger partial charge is 0.226 e. The molecule has 0 saturated carbocycles. The Morgan fingerprint density at radius 2 is 2.42 bits per heavy atom. The second-order valence-corrected chi connectivity index (χ2v) is 7.38. The van der Waals surface area contributed by atoms with Gasteiger partial charge in [0.05, 0.1) is 24.8 Å². The molecular formula is C17H22N2O3S2. The summed E-state index contributed by atoms with van der Waals surface area (Å²) >= 11 is 3.23. The SMILES string of the molecule is O=C(Cc1csc(-c2ccsc2)n1)NCCCOCC1CCCO1. The summed E-state index contributed by atoms with van der Waals surface area (Å²) in [6.07, 6.45) is 3.64. The number of carbonyl (C=O) groups is 1. The number of rotatable bonds is 9. The second kappa shape index (κ2) is 9.27. The molecule has 1 fully saturated rings. The summed E-state index contributed by atoms with van der Waals surface area (Å²) in [4.78, 5) is 16.5. The maximum Gasteiger partial charge on any atom is 0.226 e. The van der Waals surface area contributed by atoms with Gasteiger partial charge in [0, 0.05) is 36.1 Å². The van der Waals surface area contributed by atoms with Crippen LogP contribution in [0.2, 0.25) is 0 Å². The maximum atomic E-state index is 11.9. The molecule has 1 amide bonds. The molecule has 7 heteroatoms. The van der Waals surface area contributed by atoms with E-state index in [2.05, 4.69) is 15.7 Å². The van der Waals surface area contributed by atoms with Gasteiger partial charge in [0.25, 0.3) is 0 Å². The van der Waals surface area contributed by atoms with Crippen molar-refractivity contribution in [3.05, 3.63) is 27.9 Å². The lowest BCUT2D eigenvalue weighted by atomic mass is 10.2. The summed E-state index contributed by atoms with van der Waals surface area (Å²) in [5, 5.41) is 9.95. The van der Waals surface area contributed by atoms with Crippen LogP contribution in [0.4, 0.5) is 0 Å². The molecule has 130 valence electrons. The molecule has 5 nitrogen and oxygen atoms in total. The Balaban J connectivity index is 1.28. The molecule has 0 aliphatic carbocycles. The molecule has 0 bridgehead atoms. The quantitative estimate of drug-likeness (QED) is 0.693. The van der Waals surface area contributed by atoms with E-state index in [9.17, 15) is 4.79 Å². The zero-order chi connectivity index (χ0) is 16.6. The summed E-state index contributed by atoms with van der Waals surface area (Å²) in [7, 11) is 0. The van der Waals surface area contributed by atoms with Crippen molar-refractivity contribution in [2.24, 2.45) is 0 Å². The first-order chi connectivity index (χ1) is 11.8. The molecule has 1 aliphatic heterocycles. The van der Waals surface area contributed by atoms with Crippen molar-refractivity contribution in [3.63, 3.8) is 0 Å². The minimum atomic E-state index is 0.0105. The van der Waals surface area contributed by atoms with Crippen LogP contribution in [-0.2, 0) is 20.7 Å². The van der Waals surface area contributed by atoms with Crippen LogP contribution < -0.4 is 5.32 Å². The van der Waals surface area contributed by atoms with E-state index in [1.807, 2.05) is 16.8 Å². The monoisotopic (exact) mass is 366 g/mol. The van der Waals surface area contributed by atoms with E-state index in [0.29, 0.717) is 26.2 Å². The minimum absolute atomic E-state index is 0.0105. The first kappa shape index (κ1) is 17.5. The van der Waals surface area contributed by atoms with Crippen molar-refractivity contribution in [2.75, 3.05) is 26.4 Å². The summed E-state index contributed by atoms with van der Waals surface area (Å²) in [5.41, 5.74) is 1.95. The highest BCUT2D eigenvalue weighted by Crippen LogP contribution is 2.25. The Hall–Kier alpha value is -1.28. The summed E-state index contributed by atoms with van der Waals surface area (Å²) in [6, 6.07) is 2.05. The number of aromatic nitrogens is 1. The van der Waals surface area contributed by atoms with Crippen LogP contribution in [0.3, 0.4) is 0 Å². The van der Waals surface area contributed by atoms with Gasteiger partial charge in [-0.1, -0.05) is 0 Å². The van der Waals surface area contributed by atoms with Crippen molar-refractivity contribution in [1.82, 2.24) is 10.3 Å². The van der Waals surface area contributed by atoms with Crippen LogP contribution in [-0.4, -0.2) is 43.4 Å². The number of ether oxygens (including phenoxy) is 2. The number of hydrogen-bond donors (Lipinski definition) is 1. The summed E-state index contributed by atoms with van der Waals surface area (Å²) < 4.78 is 11.1. The van der Waals surface area contributed by atoms with Crippen LogP contribution in [0.5, 0.6) is 0 Å². The Bertz CT molecular complexity index is 622. The summed E-state index contributed by atoms with van der Waals surface area (Å²) in [5.74, 6) is 0.0105. The third kappa shape index (κ3) is 5.37. The van der Waals surface area contributed by atoms with Crippen LogP contribution in [0.1, 0.15) is 25.0 Å². The van der Waals surface area contributed by atoms with Gasteiger partial charge < -0.3 is 14.8 Å². The van der Waals surface area contributed by atoms with E-state index in [1.165, 1.54) is 0 Å².